The predicted octanol–water partition coefficient (Wildman–Crippen LogP) is 2.59. The molecule has 15 heavy (non-hydrogen) atoms. The largest absolute Gasteiger partial charge is 0.481 e. The van der Waals surface area contributed by atoms with Crippen molar-refractivity contribution in [2.45, 2.75) is 33.6 Å². The Morgan fingerprint density at radius 2 is 2.20 bits per heavy atom. The molecule has 0 spiro atoms. The first kappa shape index (κ1) is 11.8. The molecule has 2 unspecified atom stereocenters. The molecule has 0 aromatic rings. The van der Waals surface area contributed by atoms with Crippen molar-refractivity contribution < 1.29 is 9.90 Å². The van der Waals surface area contributed by atoms with Crippen LogP contribution >= 0.6 is 0 Å². The van der Waals surface area contributed by atoms with E-state index in [1.54, 1.807) is 0 Å². The van der Waals surface area contributed by atoms with E-state index in [-0.39, 0.29) is 17.3 Å². The molecular formula is C12H17NO2. The Morgan fingerprint density at radius 1 is 1.60 bits per heavy atom. The van der Waals surface area contributed by atoms with Crippen molar-refractivity contribution in [3.05, 3.63) is 11.6 Å². The number of hydrogen-bond donors (Lipinski definition) is 1. The fourth-order valence-corrected chi connectivity index (χ4v) is 2.12. The van der Waals surface area contributed by atoms with Gasteiger partial charge in [0.25, 0.3) is 0 Å². The molecule has 1 aliphatic carbocycles. The Kier molecular flexibility index (Phi) is 3.18. The van der Waals surface area contributed by atoms with E-state index in [1.165, 1.54) is 0 Å². The maximum atomic E-state index is 10.9. The van der Waals surface area contributed by atoms with Crippen LogP contribution in [-0.2, 0) is 4.79 Å². The Hall–Kier alpha value is -1.30. The van der Waals surface area contributed by atoms with Crippen LogP contribution in [0.1, 0.15) is 33.6 Å². The number of hydrogen-bond acceptors (Lipinski definition) is 2. The number of carboxylic acids is 1. The van der Waals surface area contributed by atoms with Gasteiger partial charge in [0.15, 0.2) is 0 Å². The number of rotatable bonds is 4. The molecule has 1 rings (SSSR count). The minimum Gasteiger partial charge on any atom is -0.481 e. The number of aliphatic carboxylic acids is 1. The van der Waals surface area contributed by atoms with Gasteiger partial charge in [0, 0.05) is 5.57 Å². The molecule has 0 aromatic heterocycles. The van der Waals surface area contributed by atoms with Gasteiger partial charge in [-0.1, -0.05) is 33.3 Å². The Morgan fingerprint density at radius 3 is 2.53 bits per heavy atom. The minimum absolute atomic E-state index is 0.0243. The van der Waals surface area contributed by atoms with E-state index in [0.29, 0.717) is 0 Å². The van der Waals surface area contributed by atoms with Crippen molar-refractivity contribution in [1.82, 2.24) is 0 Å². The minimum atomic E-state index is -0.755. The lowest BCUT2D eigenvalue weighted by molar-refractivity contribution is -0.139. The van der Waals surface area contributed by atoms with Crippen LogP contribution in [0, 0.1) is 28.6 Å². The lowest BCUT2D eigenvalue weighted by Crippen LogP contribution is -2.03. The summed E-state index contributed by atoms with van der Waals surface area (Å²) in [5, 5.41) is 17.8. The molecule has 1 aliphatic rings. The molecular weight excluding hydrogens is 190 g/mol. The average Bonchev–Trinajstić information content (AvgIpc) is 2.67. The van der Waals surface area contributed by atoms with Crippen LogP contribution in [0.15, 0.2) is 11.6 Å². The van der Waals surface area contributed by atoms with Crippen LogP contribution < -0.4 is 0 Å². The van der Waals surface area contributed by atoms with Gasteiger partial charge < -0.3 is 5.11 Å². The van der Waals surface area contributed by atoms with E-state index < -0.39 is 5.97 Å². The number of nitriles is 1. The summed E-state index contributed by atoms with van der Waals surface area (Å²) >= 11 is 0. The standard InChI is InChI=1S/C12H17NO2/c1-4-5-8(7-13)6-9-10(11(14)15)12(9,2)3/h6,9-10H,4-5H2,1-3H3,(H,14,15). The van der Waals surface area contributed by atoms with Crippen LogP contribution in [0.3, 0.4) is 0 Å². The number of nitrogens with zero attached hydrogens (tertiary/aromatic N) is 1. The van der Waals surface area contributed by atoms with Crippen LogP contribution in [0.4, 0.5) is 0 Å². The van der Waals surface area contributed by atoms with Crippen LogP contribution in [0.2, 0.25) is 0 Å². The first-order chi connectivity index (χ1) is 6.95. The fraction of sp³-hybridized carbons (Fsp3) is 0.667. The van der Waals surface area contributed by atoms with Gasteiger partial charge in [-0.05, 0) is 17.8 Å². The third-order valence-electron chi connectivity index (χ3n) is 3.22. The molecule has 1 fully saturated rings. The zero-order valence-corrected chi connectivity index (χ0v) is 9.45. The van der Waals surface area contributed by atoms with Crippen LogP contribution in [0.5, 0.6) is 0 Å². The zero-order chi connectivity index (χ0) is 11.6. The van der Waals surface area contributed by atoms with Gasteiger partial charge in [0.1, 0.15) is 0 Å². The molecule has 1 saturated carbocycles. The second-order valence-electron chi connectivity index (χ2n) is 4.72. The summed E-state index contributed by atoms with van der Waals surface area (Å²) in [5.74, 6) is -1.05. The molecule has 0 amide bonds. The quantitative estimate of drug-likeness (QED) is 0.721. The van der Waals surface area contributed by atoms with Gasteiger partial charge in [-0.2, -0.15) is 5.26 Å². The molecule has 0 aliphatic heterocycles. The lowest BCUT2D eigenvalue weighted by atomic mass is 10.1. The van der Waals surface area contributed by atoms with Gasteiger partial charge in [-0.15, -0.1) is 0 Å². The summed E-state index contributed by atoms with van der Waals surface area (Å²) < 4.78 is 0. The molecule has 0 heterocycles. The summed E-state index contributed by atoms with van der Waals surface area (Å²) in [7, 11) is 0. The number of allylic oxidation sites excluding steroid dienone is 2. The highest BCUT2D eigenvalue weighted by Gasteiger charge is 2.60. The van der Waals surface area contributed by atoms with Gasteiger partial charge in [0.2, 0.25) is 0 Å². The van der Waals surface area contributed by atoms with Crippen molar-refractivity contribution in [3.63, 3.8) is 0 Å². The third-order valence-corrected chi connectivity index (χ3v) is 3.22. The predicted molar refractivity (Wildman–Crippen MR) is 57.0 cm³/mol. The topological polar surface area (TPSA) is 61.1 Å². The van der Waals surface area contributed by atoms with E-state index in [1.807, 2.05) is 26.8 Å². The maximum absolute atomic E-state index is 10.9. The Labute approximate surface area is 90.4 Å². The highest BCUT2D eigenvalue weighted by atomic mass is 16.4. The molecule has 0 saturated heterocycles. The first-order valence-electron chi connectivity index (χ1n) is 5.28. The fourth-order valence-electron chi connectivity index (χ4n) is 2.12. The second-order valence-corrected chi connectivity index (χ2v) is 4.72. The van der Waals surface area contributed by atoms with Crippen LogP contribution in [0.25, 0.3) is 0 Å². The highest BCUT2D eigenvalue weighted by molar-refractivity contribution is 5.76. The van der Waals surface area contributed by atoms with Gasteiger partial charge >= 0.3 is 5.97 Å². The second kappa shape index (κ2) is 4.06. The molecule has 3 heteroatoms. The number of carboxylic acid groups (broad SMARTS) is 1. The molecule has 3 nitrogen and oxygen atoms in total. The highest BCUT2D eigenvalue weighted by Crippen LogP contribution is 2.59. The summed E-state index contributed by atoms with van der Waals surface area (Å²) in [6, 6.07) is 2.14. The van der Waals surface area contributed by atoms with Crippen molar-refractivity contribution in [3.8, 4) is 6.07 Å². The third kappa shape index (κ3) is 2.20. The SMILES string of the molecule is CCCC(C#N)=CC1C(C(=O)O)C1(C)C. The van der Waals surface area contributed by atoms with E-state index in [4.69, 9.17) is 10.4 Å². The molecule has 2 atom stereocenters. The summed E-state index contributed by atoms with van der Waals surface area (Å²) in [6.07, 6.45) is 3.52. The normalized spacial score (nSPS) is 28.3. The molecule has 1 N–H and O–H groups in total. The monoisotopic (exact) mass is 207 g/mol. The van der Waals surface area contributed by atoms with Crippen molar-refractivity contribution in [2.24, 2.45) is 17.3 Å². The van der Waals surface area contributed by atoms with Gasteiger partial charge in [-0.3, -0.25) is 4.79 Å². The smallest absolute Gasteiger partial charge is 0.307 e. The zero-order valence-electron chi connectivity index (χ0n) is 9.45. The van der Waals surface area contributed by atoms with E-state index in [9.17, 15) is 4.79 Å². The lowest BCUT2D eigenvalue weighted by Gasteiger charge is -1.98. The average molecular weight is 207 g/mol. The van der Waals surface area contributed by atoms with Gasteiger partial charge in [-0.25, -0.2) is 0 Å². The van der Waals surface area contributed by atoms with E-state index >= 15 is 0 Å². The summed E-state index contributed by atoms with van der Waals surface area (Å²) in [4.78, 5) is 10.9. The first-order valence-corrected chi connectivity index (χ1v) is 5.28. The molecule has 0 radical (unpaired) electrons. The summed E-state index contributed by atoms with van der Waals surface area (Å²) in [6.45, 7) is 5.89. The van der Waals surface area contributed by atoms with Crippen LogP contribution in [-0.4, -0.2) is 11.1 Å². The van der Waals surface area contributed by atoms with E-state index in [0.717, 1.165) is 18.4 Å². The number of carbonyl (C=O) groups is 1. The van der Waals surface area contributed by atoms with Crippen molar-refractivity contribution in [2.75, 3.05) is 0 Å². The Bertz CT molecular complexity index is 336. The van der Waals surface area contributed by atoms with Crippen molar-refractivity contribution >= 4 is 5.97 Å². The summed E-state index contributed by atoms with van der Waals surface area (Å²) in [5.41, 5.74) is 0.529. The molecule has 0 aromatic carbocycles. The van der Waals surface area contributed by atoms with Gasteiger partial charge in [0.05, 0.1) is 12.0 Å². The van der Waals surface area contributed by atoms with Crippen molar-refractivity contribution in [1.29, 1.82) is 5.26 Å². The molecule has 0 bridgehead atoms. The molecule has 82 valence electrons. The Balaban J connectivity index is 2.76. The van der Waals surface area contributed by atoms with E-state index in [2.05, 4.69) is 6.07 Å². The maximum Gasteiger partial charge on any atom is 0.307 e.